The molecule has 2 nitrogen and oxygen atoms in total. The SMILES string of the molecule is O=C(Nc1cccc(I)c1)C1(c2ccccc2)CC1. The number of hydrogen-bond donors (Lipinski definition) is 1. The zero-order valence-corrected chi connectivity index (χ0v) is 12.6. The number of benzene rings is 2. The van der Waals surface area contributed by atoms with Crippen molar-refractivity contribution in [3.63, 3.8) is 0 Å². The minimum atomic E-state index is -0.303. The van der Waals surface area contributed by atoms with E-state index in [0.29, 0.717) is 0 Å². The highest BCUT2D eigenvalue weighted by molar-refractivity contribution is 14.1. The van der Waals surface area contributed by atoms with Crippen LogP contribution in [0, 0.1) is 3.57 Å². The quantitative estimate of drug-likeness (QED) is 0.822. The molecular formula is C16H14INO. The highest BCUT2D eigenvalue weighted by Gasteiger charge is 2.51. The molecule has 0 radical (unpaired) electrons. The molecule has 1 aliphatic carbocycles. The molecule has 19 heavy (non-hydrogen) atoms. The zero-order chi connectivity index (χ0) is 13.3. The summed E-state index contributed by atoms with van der Waals surface area (Å²) in [4.78, 5) is 12.5. The molecule has 3 heteroatoms. The van der Waals surface area contributed by atoms with Gasteiger partial charge in [0.2, 0.25) is 5.91 Å². The predicted octanol–water partition coefficient (Wildman–Crippen LogP) is 3.96. The van der Waals surface area contributed by atoms with E-state index in [1.165, 1.54) is 0 Å². The first-order valence-electron chi connectivity index (χ1n) is 6.33. The Kier molecular flexibility index (Phi) is 3.31. The molecule has 0 aliphatic heterocycles. The average molecular weight is 363 g/mol. The van der Waals surface area contributed by atoms with E-state index in [4.69, 9.17) is 0 Å². The first-order valence-corrected chi connectivity index (χ1v) is 7.41. The molecule has 1 amide bonds. The Hall–Kier alpha value is -1.36. The second-order valence-electron chi connectivity index (χ2n) is 4.91. The summed E-state index contributed by atoms with van der Waals surface area (Å²) in [5.74, 6) is 0.112. The predicted molar refractivity (Wildman–Crippen MR) is 85.1 cm³/mol. The first kappa shape index (κ1) is 12.7. The second-order valence-corrected chi connectivity index (χ2v) is 6.16. The van der Waals surface area contributed by atoms with Crippen molar-refractivity contribution in [3.8, 4) is 0 Å². The fourth-order valence-electron chi connectivity index (χ4n) is 2.35. The lowest BCUT2D eigenvalue weighted by Gasteiger charge is -2.15. The molecule has 1 fully saturated rings. The topological polar surface area (TPSA) is 29.1 Å². The van der Waals surface area contributed by atoms with Crippen molar-refractivity contribution in [2.45, 2.75) is 18.3 Å². The third kappa shape index (κ3) is 2.52. The van der Waals surface area contributed by atoms with Gasteiger partial charge in [0, 0.05) is 9.26 Å². The molecule has 0 aromatic heterocycles. The number of rotatable bonds is 3. The van der Waals surface area contributed by atoms with Crippen molar-refractivity contribution in [2.75, 3.05) is 5.32 Å². The maximum absolute atomic E-state index is 12.5. The summed E-state index contributed by atoms with van der Waals surface area (Å²) in [6.45, 7) is 0. The van der Waals surface area contributed by atoms with E-state index < -0.39 is 0 Å². The molecule has 0 spiro atoms. The Morgan fingerprint density at radius 1 is 1.05 bits per heavy atom. The average Bonchev–Trinajstić information content (AvgIpc) is 3.21. The van der Waals surface area contributed by atoms with Gasteiger partial charge < -0.3 is 5.32 Å². The van der Waals surface area contributed by atoms with Crippen LogP contribution in [0.2, 0.25) is 0 Å². The molecule has 1 N–H and O–H groups in total. The normalized spacial score (nSPS) is 15.8. The Bertz CT molecular complexity index is 605. The van der Waals surface area contributed by atoms with Gasteiger partial charge in [-0.05, 0) is 59.2 Å². The molecular weight excluding hydrogens is 349 g/mol. The van der Waals surface area contributed by atoms with Crippen LogP contribution >= 0.6 is 22.6 Å². The van der Waals surface area contributed by atoms with Crippen LogP contribution in [0.25, 0.3) is 0 Å². The van der Waals surface area contributed by atoms with Crippen LogP contribution < -0.4 is 5.32 Å². The molecule has 0 atom stereocenters. The lowest BCUT2D eigenvalue weighted by molar-refractivity contribution is -0.118. The fraction of sp³-hybridized carbons (Fsp3) is 0.188. The molecule has 0 unspecified atom stereocenters. The van der Waals surface area contributed by atoms with E-state index in [2.05, 4.69) is 27.9 Å². The smallest absolute Gasteiger partial charge is 0.235 e. The summed E-state index contributed by atoms with van der Waals surface area (Å²) in [7, 11) is 0. The van der Waals surface area contributed by atoms with E-state index in [1.807, 2.05) is 54.6 Å². The van der Waals surface area contributed by atoms with E-state index in [-0.39, 0.29) is 11.3 Å². The van der Waals surface area contributed by atoms with Gasteiger partial charge >= 0.3 is 0 Å². The van der Waals surface area contributed by atoms with Crippen LogP contribution in [0.3, 0.4) is 0 Å². The van der Waals surface area contributed by atoms with Crippen LogP contribution in [-0.2, 0) is 10.2 Å². The highest BCUT2D eigenvalue weighted by Crippen LogP contribution is 2.48. The summed E-state index contributed by atoms with van der Waals surface area (Å²) in [5, 5.41) is 3.04. The van der Waals surface area contributed by atoms with Crippen LogP contribution in [-0.4, -0.2) is 5.91 Å². The molecule has 96 valence electrons. The molecule has 0 saturated heterocycles. The Balaban J connectivity index is 1.82. The van der Waals surface area contributed by atoms with Crippen LogP contribution in [0.15, 0.2) is 54.6 Å². The summed E-state index contributed by atoms with van der Waals surface area (Å²) < 4.78 is 1.12. The van der Waals surface area contributed by atoms with Crippen molar-refractivity contribution in [3.05, 3.63) is 63.7 Å². The molecule has 2 aromatic carbocycles. The van der Waals surface area contributed by atoms with Gasteiger partial charge in [-0.2, -0.15) is 0 Å². The molecule has 0 heterocycles. The van der Waals surface area contributed by atoms with Gasteiger partial charge in [0.15, 0.2) is 0 Å². The summed E-state index contributed by atoms with van der Waals surface area (Å²) >= 11 is 2.25. The second kappa shape index (κ2) is 4.96. The van der Waals surface area contributed by atoms with Gasteiger partial charge in [-0.1, -0.05) is 36.4 Å². The number of carbonyl (C=O) groups excluding carboxylic acids is 1. The van der Waals surface area contributed by atoms with Crippen molar-refractivity contribution in [1.29, 1.82) is 0 Å². The molecule has 3 rings (SSSR count). The van der Waals surface area contributed by atoms with Gasteiger partial charge in [0.25, 0.3) is 0 Å². The molecule has 0 bridgehead atoms. The summed E-state index contributed by atoms with van der Waals surface area (Å²) in [6, 6.07) is 17.9. The van der Waals surface area contributed by atoms with Crippen LogP contribution in [0.5, 0.6) is 0 Å². The first-order chi connectivity index (χ1) is 9.21. The largest absolute Gasteiger partial charge is 0.325 e. The van der Waals surface area contributed by atoms with Crippen LogP contribution in [0.4, 0.5) is 5.69 Å². The summed E-state index contributed by atoms with van der Waals surface area (Å²) in [5.41, 5.74) is 1.69. The molecule has 1 aliphatic rings. The van der Waals surface area contributed by atoms with Crippen LogP contribution in [0.1, 0.15) is 18.4 Å². The third-order valence-corrected chi connectivity index (χ3v) is 4.26. The van der Waals surface area contributed by atoms with E-state index in [1.54, 1.807) is 0 Å². The highest BCUT2D eigenvalue weighted by atomic mass is 127. The van der Waals surface area contributed by atoms with Crippen molar-refractivity contribution < 1.29 is 4.79 Å². The maximum Gasteiger partial charge on any atom is 0.235 e. The van der Waals surface area contributed by atoms with Crippen molar-refractivity contribution in [1.82, 2.24) is 0 Å². The molecule has 2 aromatic rings. The Morgan fingerprint density at radius 3 is 2.42 bits per heavy atom. The number of amides is 1. The minimum Gasteiger partial charge on any atom is -0.325 e. The minimum absolute atomic E-state index is 0.112. The number of anilines is 1. The van der Waals surface area contributed by atoms with Gasteiger partial charge in [-0.3, -0.25) is 4.79 Å². The Morgan fingerprint density at radius 2 is 1.79 bits per heavy atom. The maximum atomic E-state index is 12.5. The number of carbonyl (C=O) groups is 1. The lowest BCUT2D eigenvalue weighted by atomic mass is 9.95. The number of halogens is 1. The standard InChI is InChI=1S/C16H14INO/c17-13-7-4-8-14(11-13)18-15(19)16(9-10-16)12-5-2-1-3-6-12/h1-8,11H,9-10H2,(H,18,19). The fourth-order valence-corrected chi connectivity index (χ4v) is 2.89. The van der Waals surface area contributed by atoms with E-state index in [9.17, 15) is 4.79 Å². The van der Waals surface area contributed by atoms with Gasteiger partial charge in [0.05, 0.1) is 5.41 Å². The number of hydrogen-bond acceptors (Lipinski definition) is 1. The van der Waals surface area contributed by atoms with E-state index >= 15 is 0 Å². The zero-order valence-electron chi connectivity index (χ0n) is 10.4. The number of nitrogens with one attached hydrogen (secondary N) is 1. The van der Waals surface area contributed by atoms with E-state index in [0.717, 1.165) is 27.7 Å². The summed E-state index contributed by atoms with van der Waals surface area (Å²) in [6.07, 6.45) is 1.87. The molecule has 1 saturated carbocycles. The van der Waals surface area contributed by atoms with Crippen molar-refractivity contribution >= 4 is 34.2 Å². The Labute approximate surface area is 126 Å². The van der Waals surface area contributed by atoms with Gasteiger partial charge in [-0.25, -0.2) is 0 Å². The van der Waals surface area contributed by atoms with Gasteiger partial charge in [-0.15, -0.1) is 0 Å². The van der Waals surface area contributed by atoms with Crippen molar-refractivity contribution in [2.24, 2.45) is 0 Å². The lowest BCUT2D eigenvalue weighted by Crippen LogP contribution is -2.27. The van der Waals surface area contributed by atoms with Gasteiger partial charge in [0.1, 0.15) is 0 Å². The monoisotopic (exact) mass is 363 g/mol. The third-order valence-electron chi connectivity index (χ3n) is 3.59.